The maximum absolute atomic E-state index is 12.1. The van der Waals surface area contributed by atoms with Gasteiger partial charge in [-0.3, -0.25) is 4.79 Å². The van der Waals surface area contributed by atoms with Crippen LogP contribution in [0.4, 0.5) is 0 Å². The second kappa shape index (κ2) is 8.37. The lowest BCUT2D eigenvalue weighted by molar-refractivity contribution is -0.117. The van der Waals surface area contributed by atoms with Gasteiger partial charge in [-0.1, -0.05) is 18.5 Å². The molecule has 0 aliphatic rings. The summed E-state index contributed by atoms with van der Waals surface area (Å²) in [6.07, 6.45) is 2.09. The van der Waals surface area contributed by atoms with Crippen molar-refractivity contribution in [2.75, 3.05) is 0 Å². The summed E-state index contributed by atoms with van der Waals surface area (Å²) in [5.41, 5.74) is 0.408. The molecule has 1 amide bonds. The molecule has 1 aromatic carbocycles. The van der Waals surface area contributed by atoms with Crippen molar-refractivity contribution in [3.05, 3.63) is 52.3 Å². The number of amides is 1. The molecule has 1 atom stereocenters. The molecule has 26 heavy (non-hydrogen) atoms. The molecule has 7 heteroatoms. The third kappa shape index (κ3) is 4.52. The lowest BCUT2D eigenvalue weighted by atomic mass is 10.1. The SMILES string of the molecule is CC[C@H](C)NC(=O)/C(C#N)=C/c1ccc(-c2ccc(Cl)c(C(=O)O)c2)o1. The van der Waals surface area contributed by atoms with Gasteiger partial charge in [-0.25, -0.2) is 4.79 Å². The number of rotatable bonds is 6. The van der Waals surface area contributed by atoms with Gasteiger partial charge in [-0.2, -0.15) is 5.26 Å². The maximum Gasteiger partial charge on any atom is 0.337 e. The van der Waals surface area contributed by atoms with E-state index in [9.17, 15) is 14.9 Å². The Balaban J connectivity index is 2.29. The molecule has 1 heterocycles. The van der Waals surface area contributed by atoms with Crippen LogP contribution in [0.3, 0.4) is 0 Å². The molecule has 134 valence electrons. The lowest BCUT2D eigenvalue weighted by Crippen LogP contribution is -2.32. The first kappa shape index (κ1) is 19.3. The second-order valence-electron chi connectivity index (χ2n) is 5.65. The van der Waals surface area contributed by atoms with Gasteiger partial charge in [0.15, 0.2) is 0 Å². The monoisotopic (exact) mass is 372 g/mol. The van der Waals surface area contributed by atoms with Crippen molar-refractivity contribution in [3.63, 3.8) is 0 Å². The minimum atomic E-state index is -1.14. The Kier molecular flexibility index (Phi) is 6.21. The molecule has 0 spiro atoms. The van der Waals surface area contributed by atoms with Crippen molar-refractivity contribution in [2.45, 2.75) is 26.3 Å². The van der Waals surface area contributed by atoms with Crippen LogP contribution in [-0.4, -0.2) is 23.0 Å². The molecule has 0 radical (unpaired) electrons. The van der Waals surface area contributed by atoms with Gasteiger partial charge in [-0.15, -0.1) is 0 Å². The number of carboxylic acids is 1. The zero-order valence-corrected chi connectivity index (χ0v) is 15.0. The van der Waals surface area contributed by atoms with Crippen LogP contribution in [0.2, 0.25) is 5.02 Å². The topological polar surface area (TPSA) is 103 Å². The molecule has 0 aliphatic carbocycles. The number of nitriles is 1. The number of nitrogens with zero attached hydrogens (tertiary/aromatic N) is 1. The van der Waals surface area contributed by atoms with Gasteiger partial charge in [0, 0.05) is 17.7 Å². The normalized spacial score (nSPS) is 12.3. The molecule has 0 saturated carbocycles. The van der Waals surface area contributed by atoms with Gasteiger partial charge in [0.2, 0.25) is 0 Å². The third-order valence-electron chi connectivity index (χ3n) is 3.75. The molecule has 0 fully saturated rings. The van der Waals surface area contributed by atoms with Gasteiger partial charge < -0.3 is 14.8 Å². The number of halogens is 1. The Labute approximate surface area is 155 Å². The Bertz CT molecular complexity index is 909. The van der Waals surface area contributed by atoms with E-state index in [1.54, 1.807) is 18.2 Å². The number of benzene rings is 1. The van der Waals surface area contributed by atoms with Crippen LogP contribution in [0.1, 0.15) is 36.4 Å². The summed E-state index contributed by atoms with van der Waals surface area (Å²) in [6, 6.07) is 9.53. The van der Waals surface area contributed by atoms with Crippen LogP contribution in [0.15, 0.2) is 40.3 Å². The number of aromatic carboxylic acids is 1. The predicted octanol–water partition coefficient (Wildman–Crippen LogP) is 4.12. The summed E-state index contributed by atoms with van der Waals surface area (Å²) >= 11 is 5.86. The first-order valence-corrected chi connectivity index (χ1v) is 8.29. The van der Waals surface area contributed by atoms with E-state index < -0.39 is 11.9 Å². The number of carbonyl (C=O) groups excluding carboxylic acids is 1. The standard InChI is InChI=1S/C19H17ClN2O4/c1-3-11(2)22-18(23)13(10-21)8-14-5-7-17(26-14)12-4-6-16(20)15(9-12)19(24)25/h4-9,11H,3H2,1-2H3,(H,22,23)(H,24,25)/b13-8+/t11-/m0/s1. The Morgan fingerprint density at radius 3 is 2.73 bits per heavy atom. The van der Waals surface area contributed by atoms with E-state index in [0.29, 0.717) is 17.1 Å². The lowest BCUT2D eigenvalue weighted by Gasteiger charge is -2.09. The van der Waals surface area contributed by atoms with Crippen LogP contribution < -0.4 is 5.32 Å². The van der Waals surface area contributed by atoms with Crippen LogP contribution in [0, 0.1) is 11.3 Å². The number of hydrogen-bond acceptors (Lipinski definition) is 4. The number of nitrogens with one attached hydrogen (secondary N) is 1. The van der Waals surface area contributed by atoms with Crippen molar-refractivity contribution in [3.8, 4) is 17.4 Å². The van der Waals surface area contributed by atoms with Gasteiger partial charge in [0.1, 0.15) is 23.2 Å². The number of hydrogen-bond donors (Lipinski definition) is 2. The summed E-state index contributed by atoms with van der Waals surface area (Å²) in [7, 11) is 0. The zero-order chi connectivity index (χ0) is 19.3. The summed E-state index contributed by atoms with van der Waals surface area (Å²) in [6.45, 7) is 3.77. The number of carbonyl (C=O) groups is 2. The molecule has 0 saturated heterocycles. The molecule has 1 aromatic heterocycles. The molecular formula is C19H17ClN2O4. The van der Waals surface area contributed by atoms with Crippen molar-refractivity contribution in [1.82, 2.24) is 5.32 Å². The molecule has 0 bridgehead atoms. The van der Waals surface area contributed by atoms with E-state index >= 15 is 0 Å². The van der Waals surface area contributed by atoms with Gasteiger partial charge in [0.05, 0.1) is 10.6 Å². The molecular weight excluding hydrogens is 356 g/mol. The summed E-state index contributed by atoms with van der Waals surface area (Å²) in [5.74, 6) is -0.908. The minimum absolute atomic E-state index is 0.0386. The van der Waals surface area contributed by atoms with Crippen LogP contribution in [-0.2, 0) is 4.79 Å². The van der Waals surface area contributed by atoms with Crippen molar-refractivity contribution < 1.29 is 19.1 Å². The van der Waals surface area contributed by atoms with E-state index in [1.165, 1.54) is 18.2 Å². The van der Waals surface area contributed by atoms with E-state index in [0.717, 1.165) is 6.42 Å². The van der Waals surface area contributed by atoms with Crippen molar-refractivity contribution in [2.24, 2.45) is 0 Å². The average Bonchev–Trinajstić information content (AvgIpc) is 3.08. The Morgan fingerprint density at radius 1 is 1.38 bits per heavy atom. The highest BCUT2D eigenvalue weighted by molar-refractivity contribution is 6.33. The highest BCUT2D eigenvalue weighted by atomic mass is 35.5. The first-order chi connectivity index (χ1) is 12.3. The number of carboxylic acid groups (broad SMARTS) is 1. The predicted molar refractivity (Wildman–Crippen MR) is 97.6 cm³/mol. The Hall–Kier alpha value is -3.04. The fourth-order valence-electron chi connectivity index (χ4n) is 2.12. The molecule has 2 N–H and O–H groups in total. The second-order valence-corrected chi connectivity index (χ2v) is 6.06. The van der Waals surface area contributed by atoms with Crippen LogP contribution in [0.25, 0.3) is 17.4 Å². The smallest absolute Gasteiger partial charge is 0.337 e. The third-order valence-corrected chi connectivity index (χ3v) is 4.08. The van der Waals surface area contributed by atoms with Crippen molar-refractivity contribution in [1.29, 1.82) is 5.26 Å². The van der Waals surface area contributed by atoms with E-state index in [4.69, 9.17) is 21.1 Å². The molecule has 2 aromatic rings. The van der Waals surface area contributed by atoms with E-state index in [-0.39, 0.29) is 22.2 Å². The molecule has 0 aliphatic heterocycles. The van der Waals surface area contributed by atoms with E-state index in [2.05, 4.69) is 5.32 Å². The largest absolute Gasteiger partial charge is 0.478 e. The van der Waals surface area contributed by atoms with Crippen LogP contribution >= 0.6 is 11.6 Å². The quantitative estimate of drug-likeness (QED) is 0.586. The maximum atomic E-state index is 12.1. The van der Waals surface area contributed by atoms with E-state index in [1.807, 2.05) is 19.9 Å². The molecule has 2 rings (SSSR count). The fraction of sp³-hybridized carbons (Fsp3) is 0.211. The number of furan rings is 1. The van der Waals surface area contributed by atoms with Gasteiger partial charge >= 0.3 is 5.97 Å². The average molecular weight is 373 g/mol. The minimum Gasteiger partial charge on any atom is -0.478 e. The van der Waals surface area contributed by atoms with Crippen LogP contribution in [0.5, 0.6) is 0 Å². The molecule has 6 nitrogen and oxygen atoms in total. The highest BCUT2D eigenvalue weighted by Crippen LogP contribution is 2.27. The molecule has 0 unspecified atom stereocenters. The highest BCUT2D eigenvalue weighted by Gasteiger charge is 2.14. The zero-order valence-electron chi connectivity index (χ0n) is 14.2. The van der Waals surface area contributed by atoms with Crippen molar-refractivity contribution >= 4 is 29.6 Å². The van der Waals surface area contributed by atoms with Gasteiger partial charge in [0.25, 0.3) is 5.91 Å². The summed E-state index contributed by atoms with van der Waals surface area (Å²) < 4.78 is 5.61. The fourth-order valence-corrected chi connectivity index (χ4v) is 2.32. The Morgan fingerprint density at radius 2 is 2.12 bits per heavy atom. The summed E-state index contributed by atoms with van der Waals surface area (Å²) in [5, 5.41) is 21.2. The summed E-state index contributed by atoms with van der Waals surface area (Å²) in [4.78, 5) is 23.2. The van der Waals surface area contributed by atoms with Gasteiger partial charge in [-0.05, 0) is 43.7 Å². The first-order valence-electron chi connectivity index (χ1n) is 7.91.